The highest BCUT2D eigenvalue weighted by atomic mass is 127. The van der Waals surface area contributed by atoms with Crippen molar-refractivity contribution in [2.24, 2.45) is 0 Å². The predicted molar refractivity (Wildman–Crippen MR) is 144 cm³/mol. The number of nitrogens with one attached hydrogen (secondary N) is 1. The summed E-state index contributed by atoms with van der Waals surface area (Å²) in [6, 6.07) is 13.9. The number of hydrogen-bond donors (Lipinski definition) is 1. The van der Waals surface area contributed by atoms with E-state index in [9.17, 15) is 19.7 Å². The maximum absolute atomic E-state index is 14.0. The Hall–Kier alpha value is -3.41. The van der Waals surface area contributed by atoms with E-state index >= 15 is 0 Å². The summed E-state index contributed by atoms with van der Waals surface area (Å²) in [5.41, 5.74) is 2.37. The van der Waals surface area contributed by atoms with Gasteiger partial charge in [0.1, 0.15) is 35.1 Å². The van der Waals surface area contributed by atoms with E-state index < -0.39 is 5.91 Å². The van der Waals surface area contributed by atoms with Crippen LogP contribution in [-0.4, -0.2) is 13.0 Å². The third-order valence-electron chi connectivity index (χ3n) is 5.77. The molecule has 2 aromatic carbocycles. The minimum atomic E-state index is -0.582. The zero-order chi connectivity index (χ0) is 25.7. The molecule has 0 saturated carbocycles. The standard InChI is InChI=1S/C27H21FIN3O3S/c1-34-23-12-16(11-22(29)25(23)35-15-17-6-2-4-8-21(17)28)10-18(13-30)26(33)32-27-20(14-31)19-7-3-5-9-24(19)36-27/h2,4,6,8,10-12H,3,5,7,9,15H2,1H3,(H,32,33). The summed E-state index contributed by atoms with van der Waals surface area (Å²) in [7, 11) is 1.48. The number of benzene rings is 2. The second-order valence-electron chi connectivity index (χ2n) is 8.06. The summed E-state index contributed by atoms with van der Waals surface area (Å²) >= 11 is 3.47. The van der Waals surface area contributed by atoms with Crippen LogP contribution in [0.15, 0.2) is 42.0 Å². The van der Waals surface area contributed by atoms with Crippen molar-refractivity contribution in [3.8, 4) is 23.6 Å². The van der Waals surface area contributed by atoms with Gasteiger partial charge in [0.2, 0.25) is 0 Å². The Balaban J connectivity index is 1.56. The molecule has 182 valence electrons. The van der Waals surface area contributed by atoms with E-state index in [0.717, 1.165) is 36.1 Å². The van der Waals surface area contributed by atoms with Crippen molar-refractivity contribution in [1.82, 2.24) is 0 Å². The maximum atomic E-state index is 14.0. The molecule has 0 radical (unpaired) electrons. The third kappa shape index (κ3) is 5.53. The van der Waals surface area contributed by atoms with E-state index in [4.69, 9.17) is 9.47 Å². The number of aryl methyl sites for hydroxylation is 1. The molecule has 0 saturated heterocycles. The van der Waals surface area contributed by atoms with Crippen LogP contribution in [0.25, 0.3) is 6.08 Å². The van der Waals surface area contributed by atoms with Gasteiger partial charge in [0.25, 0.3) is 5.91 Å². The minimum absolute atomic E-state index is 0.0199. The molecule has 1 amide bonds. The van der Waals surface area contributed by atoms with Crippen molar-refractivity contribution >= 4 is 50.9 Å². The van der Waals surface area contributed by atoms with Crippen LogP contribution >= 0.6 is 33.9 Å². The number of nitrogens with zero attached hydrogens (tertiary/aromatic N) is 2. The molecule has 3 aromatic rings. The number of thiophene rings is 1. The number of hydrogen-bond acceptors (Lipinski definition) is 6. The van der Waals surface area contributed by atoms with Crippen LogP contribution in [0, 0.1) is 32.0 Å². The Morgan fingerprint density at radius 3 is 2.75 bits per heavy atom. The summed E-state index contributed by atoms with van der Waals surface area (Å²) in [6.45, 7) is 0.0199. The van der Waals surface area contributed by atoms with Gasteiger partial charge >= 0.3 is 0 Å². The molecule has 0 spiro atoms. The van der Waals surface area contributed by atoms with Gasteiger partial charge in [-0.1, -0.05) is 18.2 Å². The number of methoxy groups -OCH3 is 1. The van der Waals surface area contributed by atoms with Gasteiger partial charge in [0, 0.05) is 10.4 Å². The molecule has 1 N–H and O–H groups in total. The summed E-state index contributed by atoms with van der Waals surface area (Å²) in [5.74, 6) is -0.118. The fraction of sp³-hybridized carbons (Fsp3) is 0.222. The molecule has 1 aliphatic carbocycles. The van der Waals surface area contributed by atoms with Gasteiger partial charge in [-0.05, 0) is 83.7 Å². The second kappa shape index (κ2) is 11.5. The maximum Gasteiger partial charge on any atom is 0.266 e. The van der Waals surface area contributed by atoms with Gasteiger partial charge in [-0.3, -0.25) is 4.79 Å². The van der Waals surface area contributed by atoms with Crippen LogP contribution in [0.3, 0.4) is 0 Å². The van der Waals surface area contributed by atoms with Crippen LogP contribution in [0.2, 0.25) is 0 Å². The van der Waals surface area contributed by atoms with Crippen molar-refractivity contribution in [1.29, 1.82) is 10.5 Å². The van der Waals surface area contributed by atoms with E-state index in [0.29, 0.717) is 36.8 Å². The number of ether oxygens (including phenoxy) is 2. The van der Waals surface area contributed by atoms with Crippen LogP contribution < -0.4 is 14.8 Å². The molecule has 1 aliphatic rings. The minimum Gasteiger partial charge on any atom is -0.493 e. The molecule has 0 bridgehead atoms. The third-order valence-corrected chi connectivity index (χ3v) is 7.78. The lowest BCUT2D eigenvalue weighted by Gasteiger charge is -2.14. The molecule has 1 heterocycles. The number of anilines is 1. The van der Waals surface area contributed by atoms with Crippen molar-refractivity contribution in [3.63, 3.8) is 0 Å². The molecule has 0 atom stereocenters. The molecule has 0 aliphatic heterocycles. The topological polar surface area (TPSA) is 95.1 Å². The van der Waals surface area contributed by atoms with Gasteiger partial charge in [0.15, 0.2) is 11.5 Å². The number of halogens is 2. The van der Waals surface area contributed by atoms with Crippen molar-refractivity contribution in [2.45, 2.75) is 32.3 Å². The largest absolute Gasteiger partial charge is 0.493 e. The molecule has 6 nitrogen and oxygen atoms in total. The van der Waals surface area contributed by atoms with E-state index in [1.54, 1.807) is 30.3 Å². The number of amides is 1. The van der Waals surface area contributed by atoms with Gasteiger partial charge in [0.05, 0.1) is 16.2 Å². The predicted octanol–water partition coefficient (Wildman–Crippen LogP) is 6.38. The Morgan fingerprint density at radius 1 is 1.25 bits per heavy atom. The normalized spacial score (nSPS) is 12.8. The first-order valence-electron chi connectivity index (χ1n) is 11.2. The smallest absolute Gasteiger partial charge is 0.266 e. The van der Waals surface area contributed by atoms with Crippen LogP contribution in [0.1, 0.15) is 40.0 Å². The molecule has 0 fully saturated rings. The monoisotopic (exact) mass is 613 g/mol. The average Bonchev–Trinajstić information content (AvgIpc) is 3.23. The lowest BCUT2D eigenvalue weighted by molar-refractivity contribution is -0.112. The lowest BCUT2D eigenvalue weighted by atomic mass is 9.96. The Kier molecular flexibility index (Phi) is 8.24. The number of rotatable bonds is 7. The van der Waals surface area contributed by atoms with E-state index in [1.165, 1.54) is 30.6 Å². The fourth-order valence-electron chi connectivity index (χ4n) is 3.99. The molecular formula is C27H21FIN3O3S. The number of carbonyl (C=O) groups is 1. The highest BCUT2D eigenvalue weighted by Gasteiger charge is 2.23. The van der Waals surface area contributed by atoms with Crippen LogP contribution in [-0.2, 0) is 24.2 Å². The highest BCUT2D eigenvalue weighted by molar-refractivity contribution is 14.1. The Bertz CT molecular complexity index is 1440. The summed E-state index contributed by atoms with van der Waals surface area (Å²) in [4.78, 5) is 14.1. The number of carbonyl (C=O) groups excluding carboxylic acids is 1. The molecule has 9 heteroatoms. The van der Waals surface area contributed by atoms with Gasteiger partial charge in [-0.15, -0.1) is 11.3 Å². The SMILES string of the molecule is COc1cc(C=C(C#N)C(=O)Nc2sc3c(c2C#N)CCCC3)cc(I)c1OCc1ccccc1F. The van der Waals surface area contributed by atoms with Gasteiger partial charge < -0.3 is 14.8 Å². The van der Waals surface area contributed by atoms with Crippen LogP contribution in [0.4, 0.5) is 9.39 Å². The zero-order valence-corrected chi connectivity index (χ0v) is 22.3. The first-order chi connectivity index (χ1) is 17.4. The lowest BCUT2D eigenvalue weighted by Crippen LogP contribution is -2.13. The summed E-state index contributed by atoms with van der Waals surface area (Å²) in [6.07, 6.45) is 5.27. The Morgan fingerprint density at radius 2 is 2.03 bits per heavy atom. The molecule has 1 aromatic heterocycles. The molecule has 0 unspecified atom stereocenters. The quantitative estimate of drug-likeness (QED) is 0.190. The summed E-state index contributed by atoms with van der Waals surface area (Å²) in [5, 5.41) is 22.6. The van der Waals surface area contributed by atoms with Crippen molar-refractivity contribution < 1.29 is 18.7 Å². The fourth-order valence-corrected chi connectivity index (χ4v) is 6.00. The second-order valence-corrected chi connectivity index (χ2v) is 10.3. The van der Waals surface area contributed by atoms with E-state index in [2.05, 4.69) is 34.0 Å². The molecule has 4 rings (SSSR count). The Labute approximate surface area is 226 Å². The van der Waals surface area contributed by atoms with Crippen molar-refractivity contribution in [2.75, 3.05) is 12.4 Å². The van der Waals surface area contributed by atoms with E-state index in [1.807, 2.05) is 6.07 Å². The first kappa shape index (κ1) is 25.7. The summed E-state index contributed by atoms with van der Waals surface area (Å²) < 4.78 is 25.9. The van der Waals surface area contributed by atoms with E-state index in [-0.39, 0.29) is 18.0 Å². The van der Waals surface area contributed by atoms with Gasteiger partial charge in [-0.25, -0.2) is 4.39 Å². The highest BCUT2D eigenvalue weighted by Crippen LogP contribution is 2.38. The molecule has 36 heavy (non-hydrogen) atoms. The van der Waals surface area contributed by atoms with Crippen molar-refractivity contribution in [3.05, 3.63) is 78.5 Å². The average molecular weight is 613 g/mol. The molecular weight excluding hydrogens is 592 g/mol. The van der Waals surface area contributed by atoms with Gasteiger partial charge in [-0.2, -0.15) is 10.5 Å². The van der Waals surface area contributed by atoms with Crippen LogP contribution in [0.5, 0.6) is 11.5 Å². The number of fused-ring (bicyclic) bond motifs is 1. The first-order valence-corrected chi connectivity index (χ1v) is 13.1. The zero-order valence-electron chi connectivity index (χ0n) is 19.4. The number of nitriles is 2.